The molecule has 1 aromatic carbocycles. The molecule has 1 heterocycles. The van der Waals surface area contributed by atoms with Gasteiger partial charge in [-0.25, -0.2) is 4.98 Å². The lowest BCUT2D eigenvalue weighted by molar-refractivity contribution is -0.123. The first-order valence-corrected chi connectivity index (χ1v) is 6.61. The molecule has 0 spiro atoms. The molecule has 1 N–H and O–H groups in total. The number of hydrogen-bond donors (Lipinski definition) is 1. The van der Waals surface area contributed by atoms with Crippen molar-refractivity contribution in [1.29, 1.82) is 0 Å². The molecule has 1 aromatic heterocycles. The Bertz CT molecular complexity index is 544. The normalized spacial score (nSPS) is 16.0. The summed E-state index contributed by atoms with van der Waals surface area (Å²) in [4.78, 5) is 16.3. The van der Waals surface area contributed by atoms with E-state index in [0.717, 1.165) is 24.9 Å². The summed E-state index contributed by atoms with van der Waals surface area (Å²) >= 11 is 0. The van der Waals surface area contributed by atoms with Gasteiger partial charge in [-0.05, 0) is 18.4 Å². The van der Waals surface area contributed by atoms with Gasteiger partial charge in [-0.1, -0.05) is 30.3 Å². The topological polar surface area (TPSA) is 46.9 Å². The molecule has 0 aliphatic heterocycles. The van der Waals surface area contributed by atoms with Crippen LogP contribution in [0.2, 0.25) is 0 Å². The Morgan fingerprint density at radius 2 is 2.11 bits per heavy atom. The van der Waals surface area contributed by atoms with Crippen molar-refractivity contribution in [3.63, 3.8) is 0 Å². The summed E-state index contributed by atoms with van der Waals surface area (Å²) in [7, 11) is 0. The number of rotatable bonds is 5. The predicted molar refractivity (Wildman–Crippen MR) is 72.6 cm³/mol. The van der Waals surface area contributed by atoms with Crippen LogP contribution in [-0.4, -0.2) is 22.0 Å². The Morgan fingerprint density at radius 1 is 1.32 bits per heavy atom. The summed E-state index contributed by atoms with van der Waals surface area (Å²) in [5.74, 6) is 0.152. The monoisotopic (exact) mass is 255 g/mol. The molecule has 1 aliphatic carbocycles. The third-order valence-corrected chi connectivity index (χ3v) is 3.73. The van der Waals surface area contributed by atoms with Crippen LogP contribution in [0.5, 0.6) is 0 Å². The minimum Gasteiger partial charge on any atom is -0.354 e. The highest BCUT2D eigenvalue weighted by Crippen LogP contribution is 2.48. The molecule has 3 rings (SSSR count). The van der Waals surface area contributed by atoms with Crippen molar-refractivity contribution in [2.24, 2.45) is 0 Å². The lowest BCUT2D eigenvalue weighted by Crippen LogP contribution is -2.36. The number of carbonyl (C=O) groups excluding carboxylic acids is 1. The lowest BCUT2D eigenvalue weighted by atomic mass is 9.95. The van der Waals surface area contributed by atoms with E-state index in [9.17, 15) is 4.79 Å². The van der Waals surface area contributed by atoms with Gasteiger partial charge in [0.05, 0.1) is 11.7 Å². The Hall–Kier alpha value is -2.10. The van der Waals surface area contributed by atoms with Crippen molar-refractivity contribution in [2.45, 2.75) is 24.8 Å². The van der Waals surface area contributed by atoms with Crippen LogP contribution in [0.15, 0.2) is 49.1 Å². The molecular formula is C15H17N3O. The van der Waals surface area contributed by atoms with Crippen LogP contribution >= 0.6 is 0 Å². The fourth-order valence-electron chi connectivity index (χ4n) is 2.42. The minimum atomic E-state index is -0.268. The Balaban J connectivity index is 1.59. The number of hydrogen-bond acceptors (Lipinski definition) is 2. The van der Waals surface area contributed by atoms with Gasteiger partial charge < -0.3 is 9.88 Å². The predicted octanol–water partition coefficient (Wildman–Crippen LogP) is 1.73. The van der Waals surface area contributed by atoms with Gasteiger partial charge in [0.1, 0.15) is 0 Å². The van der Waals surface area contributed by atoms with Crippen LogP contribution < -0.4 is 5.32 Å². The molecule has 0 unspecified atom stereocenters. The zero-order valence-corrected chi connectivity index (χ0v) is 10.7. The van der Waals surface area contributed by atoms with Crippen LogP contribution in [-0.2, 0) is 16.8 Å². The molecule has 0 atom stereocenters. The number of nitrogens with one attached hydrogen (secondary N) is 1. The van der Waals surface area contributed by atoms with E-state index in [-0.39, 0.29) is 11.3 Å². The molecule has 1 aliphatic rings. The Kier molecular flexibility index (Phi) is 3.07. The Labute approximate surface area is 112 Å². The van der Waals surface area contributed by atoms with Crippen LogP contribution in [0.1, 0.15) is 18.4 Å². The fourth-order valence-corrected chi connectivity index (χ4v) is 2.42. The summed E-state index contributed by atoms with van der Waals surface area (Å²) in [6, 6.07) is 10.1. The lowest BCUT2D eigenvalue weighted by Gasteiger charge is -2.15. The third-order valence-electron chi connectivity index (χ3n) is 3.73. The molecule has 1 saturated carbocycles. The summed E-state index contributed by atoms with van der Waals surface area (Å²) < 4.78 is 1.96. The molecule has 1 amide bonds. The first-order valence-electron chi connectivity index (χ1n) is 6.61. The smallest absolute Gasteiger partial charge is 0.230 e. The number of carbonyl (C=O) groups is 1. The first-order chi connectivity index (χ1) is 9.31. The zero-order chi connectivity index (χ0) is 13.1. The van der Waals surface area contributed by atoms with Crippen LogP contribution in [0.3, 0.4) is 0 Å². The number of amides is 1. The number of imidazole rings is 1. The zero-order valence-electron chi connectivity index (χ0n) is 10.7. The maximum Gasteiger partial charge on any atom is 0.230 e. The molecule has 4 nitrogen and oxygen atoms in total. The molecule has 0 radical (unpaired) electrons. The Morgan fingerprint density at radius 3 is 2.74 bits per heavy atom. The van der Waals surface area contributed by atoms with E-state index >= 15 is 0 Å². The van der Waals surface area contributed by atoms with Crippen molar-refractivity contribution in [2.75, 3.05) is 6.54 Å². The van der Waals surface area contributed by atoms with E-state index in [1.54, 1.807) is 12.5 Å². The van der Waals surface area contributed by atoms with E-state index in [2.05, 4.69) is 10.3 Å². The molecule has 2 aromatic rings. The van der Waals surface area contributed by atoms with Gasteiger partial charge >= 0.3 is 0 Å². The van der Waals surface area contributed by atoms with Crippen molar-refractivity contribution in [1.82, 2.24) is 14.9 Å². The number of nitrogens with zero attached hydrogens (tertiary/aromatic N) is 2. The van der Waals surface area contributed by atoms with Gasteiger partial charge in [-0.2, -0.15) is 0 Å². The first kappa shape index (κ1) is 12.0. The van der Waals surface area contributed by atoms with Crippen LogP contribution in [0.4, 0.5) is 0 Å². The molecule has 0 bridgehead atoms. The third kappa shape index (κ3) is 2.38. The van der Waals surface area contributed by atoms with Crippen molar-refractivity contribution in [3.05, 3.63) is 54.6 Å². The summed E-state index contributed by atoms with van der Waals surface area (Å²) in [5.41, 5.74) is 0.867. The van der Waals surface area contributed by atoms with E-state index in [0.29, 0.717) is 6.54 Å². The minimum absolute atomic E-state index is 0.152. The molecule has 4 heteroatoms. The van der Waals surface area contributed by atoms with Gasteiger partial charge in [0, 0.05) is 25.5 Å². The van der Waals surface area contributed by atoms with Crippen LogP contribution in [0.25, 0.3) is 0 Å². The van der Waals surface area contributed by atoms with Crippen molar-refractivity contribution >= 4 is 5.91 Å². The van der Waals surface area contributed by atoms with Gasteiger partial charge in [0.25, 0.3) is 0 Å². The van der Waals surface area contributed by atoms with E-state index in [4.69, 9.17) is 0 Å². The quantitative estimate of drug-likeness (QED) is 0.884. The van der Waals surface area contributed by atoms with Crippen molar-refractivity contribution in [3.8, 4) is 0 Å². The van der Waals surface area contributed by atoms with Gasteiger partial charge in [-0.15, -0.1) is 0 Å². The standard InChI is InChI=1S/C15H17N3O/c19-14(17-9-11-18-10-8-16-12-18)15(6-7-15)13-4-2-1-3-5-13/h1-5,8,10,12H,6-7,9,11H2,(H,17,19). The maximum atomic E-state index is 12.3. The average molecular weight is 255 g/mol. The van der Waals surface area contributed by atoms with Gasteiger partial charge in [0.2, 0.25) is 5.91 Å². The highest BCUT2D eigenvalue weighted by molar-refractivity contribution is 5.91. The van der Waals surface area contributed by atoms with E-state index in [1.807, 2.05) is 41.1 Å². The van der Waals surface area contributed by atoms with Crippen LogP contribution in [0, 0.1) is 0 Å². The van der Waals surface area contributed by atoms with Crippen molar-refractivity contribution < 1.29 is 4.79 Å². The highest BCUT2D eigenvalue weighted by atomic mass is 16.2. The summed E-state index contributed by atoms with van der Waals surface area (Å²) in [5, 5.41) is 3.03. The number of benzene rings is 1. The molecule has 19 heavy (non-hydrogen) atoms. The average Bonchev–Trinajstić information content (AvgIpc) is 3.11. The largest absolute Gasteiger partial charge is 0.354 e. The second-order valence-corrected chi connectivity index (χ2v) is 5.00. The highest BCUT2D eigenvalue weighted by Gasteiger charge is 2.50. The molecule has 98 valence electrons. The second-order valence-electron chi connectivity index (χ2n) is 5.00. The van der Waals surface area contributed by atoms with E-state index < -0.39 is 0 Å². The molecular weight excluding hydrogens is 238 g/mol. The molecule has 1 fully saturated rings. The van der Waals surface area contributed by atoms with Gasteiger partial charge in [0.15, 0.2) is 0 Å². The summed E-state index contributed by atoms with van der Waals surface area (Å²) in [6.45, 7) is 1.40. The second kappa shape index (κ2) is 4.88. The SMILES string of the molecule is O=C(NCCn1ccnc1)C1(c2ccccc2)CC1. The number of aromatic nitrogens is 2. The molecule has 0 saturated heterocycles. The fraction of sp³-hybridized carbons (Fsp3) is 0.333. The maximum absolute atomic E-state index is 12.3. The van der Waals surface area contributed by atoms with Gasteiger partial charge in [-0.3, -0.25) is 4.79 Å². The summed E-state index contributed by atoms with van der Waals surface area (Å²) in [6.07, 6.45) is 7.31. The van der Waals surface area contributed by atoms with E-state index in [1.165, 1.54) is 0 Å².